The van der Waals surface area contributed by atoms with Gasteiger partial charge in [0.1, 0.15) is 5.82 Å². The fourth-order valence-corrected chi connectivity index (χ4v) is 1.96. The Morgan fingerprint density at radius 2 is 2.29 bits per heavy atom. The van der Waals surface area contributed by atoms with Gasteiger partial charge in [-0.2, -0.15) is 0 Å². The molecule has 1 aliphatic heterocycles. The number of hydrogen-bond donors (Lipinski definition) is 2. The van der Waals surface area contributed by atoms with Gasteiger partial charge in [-0.25, -0.2) is 4.98 Å². The Morgan fingerprint density at radius 1 is 1.47 bits per heavy atom. The van der Waals surface area contributed by atoms with E-state index < -0.39 is 0 Å². The van der Waals surface area contributed by atoms with Crippen LogP contribution in [0.5, 0.6) is 0 Å². The molecule has 0 saturated carbocycles. The Kier molecular flexibility index (Phi) is 4.17. The Labute approximate surface area is 105 Å². The smallest absolute Gasteiger partial charge is 0.129 e. The summed E-state index contributed by atoms with van der Waals surface area (Å²) in [5, 5.41) is 18.6. The first-order chi connectivity index (χ1) is 8.24. The second-order valence-corrected chi connectivity index (χ2v) is 4.28. The zero-order valence-corrected chi connectivity index (χ0v) is 10.1. The molecular formula is C11H15ClN2O3. The quantitative estimate of drug-likeness (QED) is 0.823. The lowest BCUT2D eigenvalue weighted by atomic mass is 10.2. The van der Waals surface area contributed by atoms with E-state index in [0.29, 0.717) is 23.9 Å². The molecule has 1 aromatic heterocycles. The molecule has 17 heavy (non-hydrogen) atoms. The van der Waals surface area contributed by atoms with E-state index in [-0.39, 0.29) is 19.3 Å². The number of nitrogens with zero attached hydrogens (tertiary/aromatic N) is 2. The van der Waals surface area contributed by atoms with Gasteiger partial charge in [0.05, 0.1) is 36.6 Å². The lowest BCUT2D eigenvalue weighted by molar-refractivity contribution is 0.00334. The molecule has 0 amide bonds. The highest BCUT2D eigenvalue weighted by Gasteiger charge is 2.21. The molecule has 0 aromatic carbocycles. The minimum absolute atomic E-state index is 0.00303. The molecule has 0 spiro atoms. The van der Waals surface area contributed by atoms with Crippen LogP contribution in [-0.2, 0) is 11.3 Å². The zero-order chi connectivity index (χ0) is 12.3. The number of pyridine rings is 1. The summed E-state index contributed by atoms with van der Waals surface area (Å²) in [5.74, 6) is 0.750. The van der Waals surface area contributed by atoms with Crippen molar-refractivity contribution in [1.82, 2.24) is 4.98 Å². The number of hydrogen-bond acceptors (Lipinski definition) is 5. The largest absolute Gasteiger partial charge is 0.394 e. The molecule has 1 fully saturated rings. The molecule has 1 aliphatic rings. The Hall–Kier alpha value is -0.880. The molecule has 2 N–H and O–H groups in total. The lowest BCUT2D eigenvalue weighted by Gasteiger charge is -2.33. The minimum atomic E-state index is -0.182. The molecule has 2 heterocycles. The number of ether oxygens (including phenoxy) is 1. The van der Waals surface area contributed by atoms with Crippen molar-refractivity contribution in [3.63, 3.8) is 0 Å². The number of aliphatic hydroxyl groups excluding tert-OH is 2. The molecule has 1 saturated heterocycles. The van der Waals surface area contributed by atoms with Crippen LogP contribution < -0.4 is 4.90 Å². The normalized spacial score (nSPS) is 20.6. The van der Waals surface area contributed by atoms with Gasteiger partial charge < -0.3 is 19.8 Å². The van der Waals surface area contributed by atoms with Crippen molar-refractivity contribution in [3.05, 3.63) is 22.8 Å². The van der Waals surface area contributed by atoms with Crippen LogP contribution in [0.1, 0.15) is 5.69 Å². The van der Waals surface area contributed by atoms with Crippen molar-refractivity contribution in [1.29, 1.82) is 0 Å². The molecule has 94 valence electrons. The van der Waals surface area contributed by atoms with E-state index in [0.717, 1.165) is 12.4 Å². The van der Waals surface area contributed by atoms with Crippen LogP contribution in [0.3, 0.4) is 0 Å². The third-order valence-corrected chi connectivity index (χ3v) is 3.06. The summed E-state index contributed by atoms with van der Waals surface area (Å²) in [6, 6.07) is 3.53. The van der Waals surface area contributed by atoms with Crippen molar-refractivity contribution in [2.75, 3.05) is 31.2 Å². The van der Waals surface area contributed by atoms with Crippen LogP contribution in [0.15, 0.2) is 12.1 Å². The predicted octanol–water partition coefficient (Wildman–Crippen LogP) is 0.425. The second kappa shape index (κ2) is 5.64. The zero-order valence-electron chi connectivity index (χ0n) is 9.34. The summed E-state index contributed by atoms with van der Waals surface area (Å²) < 4.78 is 5.36. The lowest BCUT2D eigenvalue weighted by Crippen LogP contribution is -2.44. The highest BCUT2D eigenvalue weighted by molar-refractivity contribution is 6.31. The highest BCUT2D eigenvalue weighted by atomic mass is 35.5. The summed E-state index contributed by atoms with van der Waals surface area (Å²) in [6.45, 7) is 1.69. The number of aromatic nitrogens is 1. The molecule has 1 unspecified atom stereocenters. The summed E-state index contributed by atoms with van der Waals surface area (Å²) >= 11 is 5.89. The van der Waals surface area contributed by atoms with Crippen LogP contribution in [0.2, 0.25) is 5.02 Å². The topological polar surface area (TPSA) is 65.8 Å². The molecular weight excluding hydrogens is 244 g/mol. The molecule has 0 aliphatic carbocycles. The van der Waals surface area contributed by atoms with Crippen LogP contribution in [0, 0.1) is 0 Å². The van der Waals surface area contributed by atoms with Crippen molar-refractivity contribution < 1.29 is 14.9 Å². The summed E-state index contributed by atoms with van der Waals surface area (Å²) in [7, 11) is 0. The second-order valence-electron chi connectivity index (χ2n) is 3.88. The third kappa shape index (κ3) is 2.87. The van der Waals surface area contributed by atoms with Crippen molar-refractivity contribution in [2.45, 2.75) is 12.7 Å². The molecule has 1 aromatic rings. The van der Waals surface area contributed by atoms with Crippen LogP contribution in [0.25, 0.3) is 0 Å². The average molecular weight is 259 g/mol. The average Bonchev–Trinajstić information content (AvgIpc) is 2.39. The van der Waals surface area contributed by atoms with Crippen molar-refractivity contribution >= 4 is 17.4 Å². The summed E-state index contributed by atoms with van der Waals surface area (Å²) in [6.07, 6.45) is -0.182. The van der Waals surface area contributed by atoms with Gasteiger partial charge in [-0.15, -0.1) is 0 Å². The van der Waals surface area contributed by atoms with E-state index in [1.54, 1.807) is 12.1 Å². The SMILES string of the molecule is OCc1nc(N2CCOC(CO)C2)ccc1Cl. The molecule has 1 atom stereocenters. The monoisotopic (exact) mass is 258 g/mol. The molecule has 6 heteroatoms. The van der Waals surface area contributed by atoms with Crippen LogP contribution >= 0.6 is 11.6 Å². The number of rotatable bonds is 3. The predicted molar refractivity (Wildman–Crippen MR) is 64.2 cm³/mol. The third-order valence-electron chi connectivity index (χ3n) is 2.72. The maximum atomic E-state index is 9.11. The number of aliphatic hydroxyl groups is 2. The molecule has 5 nitrogen and oxygen atoms in total. The van der Waals surface area contributed by atoms with E-state index in [1.807, 2.05) is 4.90 Å². The van der Waals surface area contributed by atoms with Gasteiger partial charge in [0.15, 0.2) is 0 Å². The van der Waals surface area contributed by atoms with Crippen molar-refractivity contribution in [3.8, 4) is 0 Å². The molecule has 0 radical (unpaired) electrons. The fraction of sp³-hybridized carbons (Fsp3) is 0.545. The first-order valence-electron chi connectivity index (χ1n) is 5.48. The van der Waals surface area contributed by atoms with Crippen molar-refractivity contribution in [2.24, 2.45) is 0 Å². The van der Waals surface area contributed by atoms with Gasteiger partial charge in [-0.1, -0.05) is 11.6 Å². The molecule has 2 rings (SSSR count). The summed E-state index contributed by atoms with van der Waals surface area (Å²) in [5.41, 5.74) is 0.469. The Balaban J connectivity index is 2.16. The van der Waals surface area contributed by atoms with Crippen LogP contribution in [0.4, 0.5) is 5.82 Å². The Morgan fingerprint density at radius 3 is 3.00 bits per heavy atom. The molecule has 0 bridgehead atoms. The van der Waals surface area contributed by atoms with Gasteiger partial charge in [-0.3, -0.25) is 0 Å². The highest BCUT2D eigenvalue weighted by Crippen LogP contribution is 2.21. The maximum absolute atomic E-state index is 9.11. The van der Waals surface area contributed by atoms with Gasteiger partial charge in [0.2, 0.25) is 0 Å². The van der Waals surface area contributed by atoms with Gasteiger partial charge >= 0.3 is 0 Å². The van der Waals surface area contributed by atoms with E-state index in [1.165, 1.54) is 0 Å². The standard InChI is InChI=1S/C11H15ClN2O3/c12-9-1-2-11(13-10(9)7-16)14-3-4-17-8(5-14)6-15/h1-2,8,15-16H,3-7H2. The number of halogens is 1. The van der Waals surface area contributed by atoms with Crippen LogP contribution in [-0.4, -0.2) is 47.6 Å². The van der Waals surface area contributed by atoms with Gasteiger partial charge in [-0.05, 0) is 12.1 Å². The first-order valence-corrected chi connectivity index (χ1v) is 5.86. The van der Waals surface area contributed by atoms with E-state index >= 15 is 0 Å². The maximum Gasteiger partial charge on any atom is 0.129 e. The van der Waals surface area contributed by atoms with Gasteiger partial charge in [0.25, 0.3) is 0 Å². The Bertz CT molecular complexity index is 389. The van der Waals surface area contributed by atoms with E-state index in [4.69, 9.17) is 26.6 Å². The van der Waals surface area contributed by atoms with E-state index in [9.17, 15) is 0 Å². The van der Waals surface area contributed by atoms with Gasteiger partial charge in [0, 0.05) is 13.1 Å². The minimum Gasteiger partial charge on any atom is -0.394 e. The van der Waals surface area contributed by atoms with E-state index in [2.05, 4.69) is 4.98 Å². The first kappa shape index (κ1) is 12.6. The number of anilines is 1. The fourth-order valence-electron chi connectivity index (χ4n) is 1.80. The summed E-state index contributed by atoms with van der Waals surface area (Å²) in [4.78, 5) is 6.30. The number of morpholine rings is 1.